The lowest BCUT2D eigenvalue weighted by molar-refractivity contribution is -0.120. The van der Waals surface area contributed by atoms with Gasteiger partial charge in [0.15, 0.2) is 0 Å². The Balaban J connectivity index is 2.74. The molecule has 0 radical (unpaired) electrons. The van der Waals surface area contributed by atoms with Crippen molar-refractivity contribution in [3.05, 3.63) is 23.2 Å². The van der Waals surface area contributed by atoms with Crippen molar-refractivity contribution < 1.29 is 4.79 Å². The molecule has 4 heteroatoms. The molecule has 0 fully saturated rings. The summed E-state index contributed by atoms with van der Waals surface area (Å²) < 4.78 is 0. The van der Waals surface area contributed by atoms with Gasteiger partial charge in [-0.05, 0) is 24.1 Å². The summed E-state index contributed by atoms with van der Waals surface area (Å²) in [6.07, 6.45) is 0. The normalized spacial score (nSPS) is 12.6. The summed E-state index contributed by atoms with van der Waals surface area (Å²) in [5.41, 5.74) is 6.77. The molecule has 1 atom stereocenters. The molecule has 88 valence electrons. The van der Waals surface area contributed by atoms with Crippen LogP contribution in [0.25, 0.3) is 0 Å². The van der Waals surface area contributed by atoms with Gasteiger partial charge in [-0.15, -0.1) is 0 Å². The third kappa shape index (κ3) is 3.14. The van der Waals surface area contributed by atoms with Crippen molar-refractivity contribution in [3.8, 4) is 0 Å². The topological polar surface area (TPSA) is 55.1 Å². The van der Waals surface area contributed by atoms with Crippen LogP contribution < -0.4 is 11.1 Å². The van der Waals surface area contributed by atoms with Crippen LogP contribution in [0.5, 0.6) is 0 Å². The van der Waals surface area contributed by atoms with E-state index in [2.05, 4.69) is 5.32 Å². The second kappa shape index (κ2) is 5.21. The van der Waals surface area contributed by atoms with Gasteiger partial charge in [0.25, 0.3) is 0 Å². The molecule has 16 heavy (non-hydrogen) atoms. The predicted molar refractivity (Wildman–Crippen MR) is 68.5 cm³/mol. The summed E-state index contributed by atoms with van der Waals surface area (Å²) in [5, 5.41) is 3.27. The van der Waals surface area contributed by atoms with Crippen LogP contribution in [0.4, 0.5) is 11.4 Å². The van der Waals surface area contributed by atoms with Crippen molar-refractivity contribution in [2.75, 3.05) is 11.1 Å². The van der Waals surface area contributed by atoms with Gasteiger partial charge in [0.1, 0.15) is 0 Å². The molecule has 0 aliphatic carbocycles. The van der Waals surface area contributed by atoms with Crippen molar-refractivity contribution >= 4 is 28.9 Å². The zero-order chi connectivity index (χ0) is 12.3. The van der Waals surface area contributed by atoms with E-state index in [0.29, 0.717) is 22.3 Å². The molecule has 3 N–H and O–H groups in total. The Morgan fingerprint density at radius 3 is 2.50 bits per heavy atom. The van der Waals surface area contributed by atoms with Crippen LogP contribution in [0.3, 0.4) is 0 Å². The summed E-state index contributed by atoms with van der Waals surface area (Å²) in [7, 11) is 0. The number of nitrogen functional groups attached to an aromatic ring is 1. The number of benzene rings is 1. The highest BCUT2D eigenvalue weighted by Crippen LogP contribution is 2.23. The summed E-state index contributed by atoms with van der Waals surface area (Å²) in [6, 6.07) is 5.08. The zero-order valence-corrected chi connectivity index (χ0v) is 10.5. The van der Waals surface area contributed by atoms with Gasteiger partial charge in [-0.25, -0.2) is 0 Å². The molecule has 0 spiro atoms. The van der Waals surface area contributed by atoms with E-state index >= 15 is 0 Å². The quantitative estimate of drug-likeness (QED) is 0.798. The molecule has 0 aliphatic rings. The Kier molecular flexibility index (Phi) is 4.19. The highest BCUT2D eigenvalue weighted by atomic mass is 35.5. The van der Waals surface area contributed by atoms with Gasteiger partial charge in [-0.1, -0.05) is 32.4 Å². The first-order chi connectivity index (χ1) is 7.41. The zero-order valence-electron chi connectivity index (χ0n) is 9.75. The minimum Gasteiger partial charge on any atom is -0.398 e. The van der Waals surface area contributed by atoms with Crippen molar-refractivity contribution in [1.82, 2.24) is 0 Å². The lowest BCUT2D eigenvalue weighted by Crippen LogP contribution is -2.24. The third-order valence-electron chi connectivity index (χ3n) is 2.68. The van der Waals surface area contributed by atoms with Crippen molar-refractivity contribution in [2.45, 2.75) is 20.8 Å². The molecule has 1 unspecified atom stereocenters. The number of rotatable bonds is 3. The largest absolute Gasteiger partial charge is 0.398 e. The Labute approximate surface area is 101 Å². The van der Waals surface area contributed by atoms with Crippen LogP contribution in [0.15, 0.2) is 18.2 Å². The second-order valence-electron chi connectivity index (χ2n) is 4.26. The van der Waals surface area contributed by atoms with Crippen molar-refractivity contribution in [3.63, 3.8) is 0 Å². The number of hydrogen-bond donors (Lipinski definition) is 2. The molecule has 0 aliphatic heterocycles. The molecule has 1 rings (SSSR count). The van der Waals surface area contributed by atoms with E-state index in [9.17, 15) is 4.79 Å². The maximum Gasteiger partial charge on any atom is 0.227 e. The van der Waals surface area contributed by atoms with Crippen LogP contribution in [-0.4, -0.2) is 5.91 Å². The van der Waals surface area contributed by atoms with Crippen molar-refractivity contribution in [1.29, 1.82) is 0 Å². The molecule has 0 heterocycles. The highest BCUT2D eigenvalue weighted by Gasteiger charge is 2.16. The van der Waals surface area contributed by atoms with Gasteiger partial charge in [-0.2, -0.15) is 0 Å². The van der Waals surface area contributed by atoms with Crippen LogP contribution in [0, 0.1) is 11.8 Å². The second-order valence-corrected chi connectivity index (χ2v) is 4.67. The van der Waals surface area contributed by atoms with Crippen LogP contribution >= 0.6 is 11.6 Å². The maximum atomic E-state index is 11.8. The van der Waals surface area contributed by atoms with E-state index in [0.717, 1.165) is 0 Å². The summed E-state index contributed by atoms with van der Waals surface area (Å²) in [6.45, 7) is 5.93. The van der Waals surface area contributed by atoms with Gasteiger partial charge in [0.2, 0.25) is 5.91 Å². The fourth-order valence-corrected chi connectivity index (χ4v) is 1.34. The predicted octanol–water partition coefficient (Wildman–Crippen LogP) is 3.15. The highest BCUT2D eigenvalue weighted by molar-refractivity contribution is 6.33. The molecule has 1 aromatic carbocycles. The SMILES string of the molecule is CC(C)C(C)C(=O)Nc1ccc(N)c(Cl)c1. The average molecular weight is 241 g/mol. The van der Waals surface area contributed by atoms with Gasteiger partial charge < -0.3 is 11.1 Å². The first kappa shape index (κ1) is 12.8. The fraction of sp³-hybridized carbons (Fsp3) is 0.417. The monoisotopic (exact) mass is 240 g/mol. The Morgan fingerprint density at radius 1 is 1.38 bits per heavy atom. The van der Waals surface area contributed by atoms with E-state index in [4.69, 9.17) is 17.3 Å². The third-order valence-corrected chi connectivity index (χ3v) is 3.01. The van der Waals surface area contributed by atoms with Gasteiger partial charge in [-0.3, -0.25) is 4.79 Å². The number of halogens is 1. The molecule has 0 aromatic heterocycles. The Hall–Kier alpha value is -1.22. The lowest BCUT2D eigenvalue weighted by Gasteiger charge is -2.15. The van der Waals surface area contributed by atoms with E-state index < -0.39 is 0 Å². The molecule has 3 nitrogen and oxygen atoms in total. The van der Waals surface area contributed by atoms with Crippen LogP contribution in [0.2, 0.25) is 5.02 Å². The minimum atomic E-state index is -0.0312. The maximum absolute atomic E-state index is 11.8. The van der Waals surface area contributed by atoms with E-state index in [1.54, 1.807) is 18.2 Å². The first-order valence-corrected chi connectivity index (χ1v) is 5.65. The standard InChI is InChI=1S/C12H17ClN2O/c1-7(2)8(3)12(16)15-9-4-5-11(14)10(13)6-9/h4-8H,14H2,1-3H3,(H,15,16). The fourth-order valence-electron chi connectivity index (χ4n) is 1.16. The van der Waals surface area contributed by atoms with E-state index in [1.807, 2.05) is 20.8 Å². The van der Waals surface area contributed by atoms with Gasteiger partial charge in [0.05, 0.1) is 10.7 Å². The summed E-state index contributed by atoms with van der Waals surface area (Å²) in [4.78, 5) is 11.8. The molecule has 1 aromatic rings. The van der Waals surface area contributed by atoms with Crippen LogP contribution in [0.1, 0.15) is 20.8 Å². The number of carbonyl (C=O) groups excluding carboxylic acids is 1. The number of hydrogen-bond acceptors (Lipinski definition) is 2. The molecular weight excluding hydrogens is 224 g/mol. The Bertz CT molecular complexity index is 391. The lowest BCUT2D eigenvalue weighted by atomic mass is 9.97. The van der Waals surface area contributed by atoms with Gasteiger partial charge >= 0.3 is 0 Å². The number of nitrogens with one attached hydrogen (secondary N) is 1. The molecule has 1 amide bonds. The average Bonchev–Trinajstić information content (AvgIpc) is 2.22. The molecule has 0 bridgehead atoms. The number of anilines is 2. The summed E-state index contributed by atoms with van der Waals surface area (Å²) >= 11 is 5.86. The molecule has 0 saturated carbocycles. The minimum absolute atomic E-state index is 0.00385. The Morgan fingerprint density at radius 2 is 2.00 bits per heavy atom. The molecular formula is C12H17ClN2O. The van der Waals surface area contributed by atoms with Crippen LogP contribution in [-0.2, 0) is 4.79 Å². The van der Waals surface area contributed by atoms with Crippen molar-refractivity contribution in [2.24, 2.45) is 11.8 Å². The number of nitrogens with two attached hydrogens (primary N) is 1. The first-order valence-electron chi connectivity index (χ1n) is 5.27. The number of carbonyl (C=O) groups is 1. The van der Waals surface area contributed by atoms with E-state index in [1.165, 1.54) is 0 Å². The molecule has 0 saturated heterocycles. The van der Waals surface area contributed by atoms with E-state index in [-0.39, 0.29) is 11.8 Å². The van der Waals surface area contributed by atoms with Gasteiger partial charge in [0, 0.05) is 11.6 Å². The number of amides is 1. The summed E-state index contributed by atoms with van der Waals surface area (Å²) in [5.74, 6) is 0.274. The smallest absolute Gasteiger partial charge is 0.227 e.